The molecule has 39 heavy (non-hydrogen) atoms. The van der Waals surface area contributed by atoms with E-state index in [4.69, 9.17) is 16.3 Å². The third-order valence-corrected chi connectivity index (χ3v) is 8.69. The first-order valence-corrected chi connectivity index (χ1v) is 14.0. The van der Waals surface area contributed by atoms with Crippen LogP contribution in [-0.2, 0) is 22.6 Å². The second-order valence-electron chi connectivity index (χ2n) is 10.4. The van der Waals surface area contributed by atoms with E-state index in [0.29, 0.717) is 40.6 Å². The normalized spacial score (nSPS) is 22.3. The number of amides is 3. The van der Waals surface area contributed by atoms with Crippen molar-refractivity contribution in [3.63, 3.8) is 0 Å². The lowest BCUT2D eigenvalue weighted by Gasteiger charge is -2.37. The molecule has 1 aromatic carbocycles. The molecule has 0 saturated heterocycles. The molecular formula is C27H33Cl2N5O4S. The Hall–Kier alpha value is -2.66. The van der Waals surface area contributed by atoms with Gasteiger partial charge in [-0.25, -0.2) is 4.98 Å². The number of carbonyl (C=O) groups is 3. The monoisotopic (exact) mass is 593 g/mol. The van der Waals surface area contributed by atoms with Gasteiger partial charge in [0.25, 0.3) is 11.8 Å². The lowest BCUT2D eigenvalue weighted by atomic mass is 9.81. The number of fused-ring (bicyclic) bond motifs is 2. The summed E-state index contributed by atoms with van der Waals surface area (Å²) in [5.74, 6) is -0.0737. The summed E-state index contributed by atoms with van der Waals surface area (Å²) in [6.45, 7) is 1.83. The third kappa shape index (κ3) is 6.57. The molecule has 1 aliphatic carbocycles. The Morgan fingerprint density at radius 3 is 2.69 bits per heavy atom. The first-order valence-electron chi connectivity index (χ1n) is 12.8. The van der Waals surface area contributed by atoms with Crippen LogP contribution in [0.1, 0.15) is 45.2 Å². The number of rotatable bonds is 5. The van der Waals surface area contributed by atoms with Gasteiger partial charge in [-0.3, -0.25) is 14.4 Å². The molecule has 0 spiro atoms. The summed E-state index contributed by atoms with van der Waals surface area (Å²) < 4.78 is 5.75. The topological polar surface area (TPSA) is 104 Å². The van der Waals surface area contributed by atoms with E-state index in [1.54, 1.807) is 37.2 Å². The molecule has 9 nitrogen and oxygen atoms in total. The van der Waals surface area contributed by atoms with Crippen LogP contribution in [0.25, 0.3) is 6.08 Å². The fraction of sp³-hybridized carbons (Fsp3) is 0.481. The molecule has 1 aromatic heterocycles. The number of nitrogens with zero attached hydrogens (tertiary/aromatic N) is 3. The predicted molar refractivity (Wildman–Crippen MR) is 154 cm³/mol. The van der Waals surface area contributed by atoms with E-state index < -0.39 is 6.04 Å². The van der Waals surface area contributed by atoms with E-state index in [9.17, 15) is 14.4 Å². The van der Waals surface area contributed by atoms with Gasteiger partial charge < -0.3 is 25.2 Å². The van der Waals surface area contributed by atoms with Crippen LogP contribution in [-0.4, -0.2) is 78.9 Å². The maximum atomic E-state index is 13.3. The van der Waals surface area contributed by atoms with Crippen LogP contribution in [0.5, 0.6) is 5.75 Å². The van der Waals surface area contributed by atoms with Crippen molar-refractivity contribution in [3.05, 3.63) is 49.9 Å². The Balaban J connectivity index is 0.00000353. The summed E-state index contributed by atoms with van der Waals surface area (Å²) in [6, 6.07) is 4.56. The Morgan fingerprint density at radius 1 is 1.15 bits per heavy atom. The zero-order chi connectivity index (χ0) is 27.0. The van der Waals surface area contributed by atoms with E-state index in [0.717, 1.165) is 35.6 Å². The molecule has 2 N–H and O–H groups in total. The van der Waals surface area contributed by atoms with Gasteiger partial charge >= 0.3 is 0 Å². The average molecular weight is 595 g/mol. The maximum absolute atomic E-state index is 13.3. The van der Waals surface area contributed by atoms with Crippen LogP contribution in [0.2, 0.25) is 5.02 Å². The zero-order valence-electron chi connectivity index (χ0n) is 22.2. The van der Waals surface area contributed by atoms with Gasteiger partial charge in [-0.2, -0.15) is 0 Å². The van der Waals surface area contributed by atoms with E-state index in [2.05, 4.69) is 27.6 Å². The number of hydrogen-bond donors (Lipinski definition) is 2. The van der Waals surface area contributed by atoms with E-state index >= 15 is 0 Å². The number of benzene rings is 1. The van der Waals surface area contributed by atoms with Crippen LogP contribution >= 0.6 is 35.3 Å². The van der Waals surface area contributed by atoms with Crippen LogP contribution in [0.15, 0.2) is 23.8 Å². The van der Waals surface area contributed by atoms with Gasteiger partial charge in [0.05, 0.1) is 17.3 Å². The number of carbonyl (C=O) groups excluding carboxylic acids is 3. The predicted octanol–water partition coefficient (Wildman–Crippen LogP) is 3.15. The van der Waals surface area contributed by atoms with Crippen molar-refractivity contribution >= 4 is 59.1 Å². The van der Waals surface area contributed by atoms with Crippen molar-refractivity contribution in [2.24, 2.45) is 5.92 Å². The van der Waals surface area contributed by atoms with Gasteiger partial charge in [0.15, 0.2) is 5.01 Å². The second kappa shape index (κ2) is 12.2. The first-order chi connectivity index (χ1) is 18.2. The molecule has 0 radical (unpaired) electrons. The maximum Gasteiger partial charge on any atom is 0.280 e. The van der Waals surface area contributed by atoms with Crippen molar-refractivity contribution in [3.8, 4) is 5.75 Å². The molecule has 0 bridgehead atoms. The average Bonchev–Trinajstić information content (AvgIpc) is 3.32. The molecule has 5 rings (SSSR count). The standard InChI is InChI=1S/C27H32ClN5O4S.ClH/c1-32(2)27(36)16-5-7-19(29-24(34)17-10-15-4-6-18(28)12-22(15)37-14-17)21(11-16)30-25(35)26-31-20-8-9-33(3)13-23(20)38-26;/h4,6,10,12,16,19,21H,5,7-9,11,13-14H2,1-3H3,(H,29,34)(H,30,35);1H/t16-,19-,21+;/m0./s1. The molecule has 1 fully saturated rings. The van der Waals surface area contributed by atoms with Crippen LogP contribution in [0.4, 0.5) is 0 Å². The summed E-state index contributed by atoms with van der Waals surface area (Å²) in [5.41, 5.74) is 2.26. The Labute approximate surface area is 243 Å². The second-order valence-corrected chi connectivity index (χ2v) is 11.9. The lowest BCUT2D eigenvalue weighted by molar-refractivity contribution is -0.134. The molecule has 2 aromatic rings. The number of nitrogens with one attached hydrogen (secondary N) is 2. The molecular weight excluding hydrogens is 561 g/mol. The fourth-order valence-corrected chi connectivity index (χ4v) is 6.53. The highest BCUT2D eigenvalue weighted by Crippen LogP contribution is 2.31. The minimum atomic E-state index is -0.408. The van der Waals surface area contributed by atoms with Crippen molar-refractivity contribution in [2.75, 3.05) is 34.3 Å². The molecule has 2 aliphatic heterocycles. The summed E-state index contributed by atoms with van der Waals surface area (Å²) >= 11 is 7.47. The van der Waals surface area contributed by atoms with Crippen molar-refractivity contribution < 1.29 is 19.1 Å². The number of halogens is 2. The molecule has 3 atom stereocenters. The van der Waals surface area contributed by atoms with Crippen LogP contribution < -0.4 is 15.4 Å². The van der Waals surface area contributed by atoms with Gasteiger partial charge in [-0.15, -0.1) is 23.7 Å². The largest absolute Gasteiger partial charge is 0.488 e. The smallest absolute Gasteiger partial charge is 0.280 e. The molecule has 3 aliphatic rings. The van der Waals surface area contributed by atoms with Gasteiger partial charge in [0, 0.05) is 61.0 Å². The van der Waals surface area contributed by atoms with Crippen LogP contribution in [0, 0.1) is 5.92 Å². The molecule has 1 saturated carbocycles. The highest BCUT2D eigenvalue weighted by Gasteiger charge is 2.37. The highest BCUT2D eigenvalue weighted by atomic mass is 35.5. The lowest BCUT2D eigenvalue weighted by Crippen LogP contribution is -2.56. The number of thiazole rings is 1. The number of likely N-dealkylation sites (N-methyl/N-ethyl adjacent to an activating group) is 1. The Kier molecular flexibility index (Phi) is 9.21. The van der Waals surface area contributed by atoms with E-state index in [1.165, 1.54) is 11.3 Å². The molecule has 12 heteroatoms. The van der Waals surface area contributed by atoms with Crippen molar-refractivity contribution in [1.29, 1.82) is 0 Å². The van der Waals surface area contributed by atoms with Gasteiger partial charge in [-0.05, 0) is 50.6 Å². The SMILES string of the molecule is CN1CCc2nc(C(=O)N[C@@H]3C[C@@H](C(=O)N(C)C)CC[C@@H]3NC(=O)C3=Cc4ccc(Cl)cc4OC3)sc2C1.Cl. The Bertz CT molecular complexity index is 1300. The molecule has 3 amide bonds. The minimum absolute atomic E-state index is 0. The van der Waals surface area contributed by atoms with E-state index in [-0.39, 0.29) is 48.7 Å². The third-order valence-electron chi connectivity index (χ3n) is 7.37. The number of hydrogen-bond acceptors (Lipinski definition) is 7. The van der Waals surface area contributed by atoms with Crippen molar-refractivity contribution in [2.45, 2.75) is 44.3 Å². The van der Waals surface area contributed by atoms with Gasteiger partial charge in [0.2, 0.25) is 5.91 Å². The van der Waals surface area contributed by atoms with Crippen LogP contribution in [0.3, 0.4) is 0 Å². The van der Waals surface area contributed by atoms with Crippen molar-refractivity contribution in [1.82, 2.24) is 25.4 Å². The fourth-order valence-electron chi connectivity index (χ4n) is 5.27. The van der Waals surface area contributed by atoms with E-state index in [1.807, 2.05) is 6.07 Å². The summed E-state index contributed by atoms with van der Waals surface area (Å²) in [7, 11) is 5.53. The minimum Gasteiger partial charge on any atom is -0.488 e. The van der Waals surface area contributed by atoms with Gasteiger partial charge in [0.1, 0.15) is 12.4 Å². The number of aromatic nitrogens is 1. The van der Waals surface area contributed by atoms with Gasteiger partial charge in [-0.1, -0.05) is 11.6 Å². The quantitative estimate of drug-likeness (QED) is 0.552. The summed E-state index contributed by atoms with van der Waals surface area (Å²) in [5, 5.41) is 7.20. The highest BCUT2D eigenvalue weighted by molar-refractivity contribution is 7.13. The first kappa shape index (κ1) is 29.3. The molecule has 210 valence electrons. The zero-order valence-corrected chi connectivity index (χ0v) is 24.5. The molecule has 0 unspecified atom stereocenters. The Morgan fingerprint density at radius 2 is 1.92 bits per heavy atom. The summed E-state index contributed by atoms with van der Waals surface area (Å²) in [4.78, 5) is 48.8. The molecule has 3 heterocycles. The summed E-state index contributed by atoms with van der Waals surface area (Å²) in [6.07, 6.45) is 4.27. The number of ether oxygens (including phenoxy) is 1.